The molecular weight excluding hydrogens is 250 g/mol. The third kappa shape index (κ3) is 2.27. The van der Waals surface area contributed by atoms with E-state index in [4.69, 9.17) is 9.47 Å². The fraction of sp³-hybridized carbons (Fsp3) is 0.235. The van der Waals surface area contributed by atoms with Gasteiger partial charge in [-0.3, -0.25) is 0 Å². The summed E-state index contributed by atoms with van der Waals surface area (Å²) in [5, 5.41) is 0. The van der Waals surface area contributed by atoms with Crippen molar-refractivity contribution in [3.05, 3.63) is 59.7 Å². The molecule has 0 radical (unpaired) electrons. The largest absolute Gasteiger partial charge is 0.497 e. The Balaban J connectivity index is 2.04. The number of aliphatic imine (C=N–C) groups is 1. The monoisotopic (exact) mass is 267 g/mol. The minimum absolute atomic E-state index is 0.0601. The lowest BCUT2D eigenvalue weighted by Gasteiger charge is -2.25. The highest BCUT2D eigenvalue weighted by Gasteiger charge is 2.23. The lowest BCUT2D eigenvalue weighted by atomic mass is 10.0. The van der Waals surface area contributed by atoms with E-state index in [9.17, 15) is 0 Å². The molecule has 102 valence electrons. The van der Waals surface area contributed by atoms with Gasteiger partial charge in [-0.2, -0.15) is 0 Å². The molecule has 1 unspecified atom stereocenters. The van der Waals surface area contributed by atoms with Crippen molar-refractivity contribution in [3.63, 3.8) is 0 Å². The van der Waals surface area contributed by atoms with Crippen LogP contribution in [0.15, 0.2) is 53.5 Å². The molecule has 2 aromatic carbocycles. The maximum Gasteiger partial charge on any atom is 0.222 e. The Kier molecular flexibility index (Phi) is 3.42. The quantitative estimate of drug-likeness (QED) is 0.832. The van der Waals surface area contributed by atoms with Crippen LogP contribution in [0.3, 0.4) is 0 Å². The van der Waals surface area contributed by atoms with E-state index in [0.29, 0.717) is 5.90 Å². The van der Waals surface area contributed by atoms with Crippen LogP contribution < -0.4 is 4.74 Å². The summed E-state index contributed by atoms with van der Waals surface area (Å²) < 4.78 is 11.3. The van der Waals surface area contributed by atoms with Crippen molar-refractivity contribution in [2.45, 2.75) is 19.4 Å². The first kappa shape index (κ1) is 12.7. The van der Waals surface area contributed by atoms with Gasteiger partial charge in [-0.25, -0.2) is 4.99 Å². The van der Waals surface area contributed by atoms with Gasteiger partial charge in [0.2, 0.25) is 5.90 Å². The molecule has 3 rings (SSSR count). The lowest BCUT2D eigenvalue weighted by molar-refractivity contribution is 0.184. The van der Waals surface area contributed by atoms with E-state index in [1.165, 1.54) is 0 Å². The molecule has 0 N–H and O–H groups in total. The summed E-state index contributed by atoms with van der Waals surface area (Å²) in [7, 11) is 1.66. The van der Waals surface area contributed by atoms with Crippen LogP contribution in [0.4, 0.5) is 5.69 Å². The van der Waals surface area contributed by atoms with E-state index < -0.39 is 0 Å². The molecule has 2 aromatic rings. The van der Waals surface area contributed by atoms with E-state index in [1.807, 2.05) is 42.5 Å². The number of nitrogens with zero attached hydrogens (tertiary/aromatic N) is 1. The normalized spacial score (nSPS) is 16.9. The molecule has 0 aromatic heterocycles. The second kappa shape index (κ2) is 5.37. The lowest BCUT2D eigenvalue weighted by Crippen LogP contribution is -2.16. The molecule has 3 heteroatoms. The first-order valence-corrected chi connectivity index (χ1v) is 6.80. The molecule has 0 amide bonds. The fourth-order valence-corrected chi connectivity index (χ4v) is 2.39. The van der Waals surface area contributed by atoms with Gasteiger partial charge in [0, 0.05) is 11.1 Å². The van der Waals surface area contributed by atoms with E-state index in [0.717, 1.165) is 29.0 Å². The zero-order valence-corrected chi connectivity index (χ0v) is 11.7. The third-order valence-electron chi connectivity index (χ3n) is 3.45. The Bertz CT molecular complexity index is 649. The molecule has 1 aliphatic heterocycles. The summed E-state index contributed by atoms with van der Waals surface area (Å²) in [6.07, 6.45) is 0.977. The number of hydrogen-bond donors (Lipinski definition) is 0. The molecule has 0 saturated carbocycles. The second-order valence-electron chi connectivity index (χ2n) is 4.72. The number of para-hydroxylation sites is 1. The van der Waals surface area contributed by atoms with Crippen molar-refractivity contribution in [1.82, 2.24) is 0 Å². The second-order valence-corrected chi connectivity index (χ2v) is 4.72. The molecule has 1 aliphatic rings. The number of fused-ring (bicyclic) bond motifs is 1. The van der Waals surface area contributed by atoms with Gasteiger partial charge in [-0.1, -0.05) is 31.2 Å². The van der Waals surface area contributed by atoms with Gasteiger partial charge in [0.15, 0.2) is 0 Å². The van der Waals surface area contributed by atoms with E-state index in [2.05, 4.69) is 18.0 Å². The Morgan fingerprint density at radius 2 is 2.00 bits per heavy atom. The van der Waals surface area contributed by atoms with E-state index in [-0.39, 0.29) is 6.10 Å². The molecule has 3 nitrogen and oxygen atoms in total. The predicted octanol–water partition coefficient (Wildman–Crippen LogP) is 4.25. The molecule has 0 spiro atoms. The van der Waals surface area contributed by atoms with Crippen LogP contribution in [0.2, 0.25) is 0 Å². The van der Waals surface area contributed by atoms with E-state index in [1.54, 1.807) is 7.11 Å². The van der Waals surface area contributed by atoms with Crippen molar-refractivity contribution in [3.8, 4) is 5.75 Å². The van der Waals surface area contributed by atoms with Crippen molar-refractivity contribution in [2.75, 3.05) is 7.11 Å². The average Bonchev–Trinajstić information content (AvgIpc) is 2.53. The standard InChI is InChI=1S/C17H17NO2/c1-3-16-14-9-4-5-10-15(14)18-17(20-16)12-7-6-8-13(11-12)19-2/h4-11,16H,3H2,1-2H3. The number of rotatable bonds is 3. The summed E-state index contributed by atoms with van der Waals surface area (Å²) in [6, 6.07) is 15.9. The van der Waals surface area contributed by atoms with E-state index >= 15 is 0 Å². The fourth-order valence-electron chi connectivity index (χ4n) is 2.39. The van der Waals surface area contributed by atoms with Crippen molar-refractivity contribution < 1.29 is 9.47 Å². The molecule has 0 fully saturated rings. The van der Waals surface area contributed by atoms with Crippen LogP contribution in [-0.2, 0) is 4.74 Å². The Morgan fingerprint density at radius 1 is 1.15 bits per heavy atom. The molecule has 1 heterocycles. The van der Waals surface area contributed by atoms with Gasteiger partial charge >= 0.3 is 0 Å². The summed E-state index contributed by atoms with van der Waals surface area (Å²) in [6.45, 7) is 2.12. The van der Waals surface area contributed by atoms with Crippen LogP contribution in [-0.4, -0.2) is 13.0 Å². The van der Waals surface area contributed by atoms with Crippen LogP contribution in [0.5, 0.6) is 5.75 Å². The van der Waals surface area contributed by atoms with Gasteiger partial charge < -0.3 is 9.47 Å². The maximum absolute atomic E-state index is 6.04. The summed E-state index contributed by atoms with van der Waals surface area (Å²) >= 11 is 0. The highest BCUT2D eigenvalue weighted by atomic mass is 16.5. The van der Waals surface area contributed by atoms with Gasteiger partial charge in [0.25, 0.3) is 0 Å². The van der Waals surface area contributed by atoms with Gasteiger partial charge in [0.1, 0.15) is 11.9 Å². The number of benzene rings is 2. The molecule has 1 atom stereocenters. The SMILES string of the molecule is CCC1OC(c2cccc(OC)c2)=Nc2ccccc21. The molecular formula is C17H17NO2. The Morgan fingerprint density at radius 3 is 2.80 bits per heavy atom. The van der Waals surface area contributed by atoms with Crippen LogP contribution in [0, 0.1) is 0 Å². The minimum atomic E-state index is 0.0601. The maximum atomic E-state index is 6.04. The van der Waals surface area contributed by atoms with Gasteiger partial charge in [0.05, 0.1) is 12.8 Å². The van der Waals surface area contributed by atoms with Gasteiger partial charge in [-0.15, -0.1) is 0 Å². The highest BCUT2D eigenvalue weighted by Crippen LogP contribution is 2.35. The first-order chi connectivity index (χ1) is 9.81. The average molecular weight is 267 g/mol. The van der Waals surface area contributed by atoms with Crippen LogP contribution in [0.1, 0.15) is 30.6 Å². The summed E-state index contributed by atoms with van der Waals surface area (Å²) in [4.78, 5) is 4.63. The predicted molar refractivity (Wildman–Crippen MR) is 79.8 cm³/mol. The Hall–Kier alpha value is -2.29. The summed E-state index contributed by atoms with van der Waals surface area (Å²) in [5.74, 6) is 1.47. The minimum Gasteiger partial charge on any atom is -0.497 e. The van der Waals surface area contributed by atoms with Crippen LogP contribution >= 0.6 is 0 Å². The third-order valence-corrected chi connectivity index (χ3v) is 3.45. The Labute approximate surface area is 118 Å². The molecule has 20 heavy (non-hydrogen) atoms. The first-order valence-electron chi connectivity index (χ1n) is 6.80. The van der Waals surface area contributed by atoms with Crippen LogP contribution in [0.25, 0.3) is 0 Å². The number of ether oxygens (including phenoxy) is 2. The molecule has 0 saturated heterocycles. The zero-order valence-electron chi connectivity index (χ0n) is 11.7. The highest BCUT2D eigenvalue weighted by molar-refractivity contribution is 5.97. The zero-order chi connectivity index (χ0) is 13.9. The summed E-state index contributed by atoms with van der Waals surface area (Å²) in [5.41, 5.74) is 3.09. The smallest absolute Gasteiger partial charge is 0.222 e. The topological polar surface area (TPSA) is 30.8 Å². The molecule has 0 aliphatic carbocycles. The van der Waals surface area contributed by atoms with Crippen molar-refractivity contribution in [2.24, 2.45) is 4.99 Å². The molecule has 0 bridgehead atoms. The van der Waals surface area contributed by atoms with Crippen molar-refractivity contribution >= 4 is 11.6 Å². The van der Waals surface area contributed by atoms with Gasteiger partial charge in [-0.05, 0) is 30.7 Å². The number of methoxy groups -OCH3 is 1. The van der Waals surface area contributed by atoms with Crippen molar-refractivity contribution in [1.29, 1.82) is 0 Å². The number of hydrogen-bond acceptors (Lipinski definition) is 3.